The first-order chi connectivity index (χ1) is 13.8. The van der Waals surface area contributed by atoms with Crippen molar-refractivity contribution in [3.63, 3.8) is 0 Å². The summed E-state index contributed by atoms with van der Waals surface area (Å²) in [6, 6.07) is 8.92. The topological polar surface area (TPSA) is 104 Å². The maximum absolute atomic E-state index is 12.5. The molecule has 1 aromatic carbocycles. The van der Waals surface area contributed by atoms with Crippen molar-refractivity contribution in [1.82, 2.24) is 14.8 Å². The number of pyridine rings is 1. The van der Waals surface area contributed by atoms with Gasteiger partial charge in [-0.15, -0.1) is 5.10 Å². The predicted octanol–water partition coefficient (Wildman–Crippen LogP) is 3.14. The normalized spacial score (nSPS) is 18.5. The summed E-state index contributed by atoms with van der Waals surface area (Å²) >= 11 is 0. The zero-order valence-electron chi connectivity index (χ0n) is 16.8. The van der Waals surface area contributed by atoms with Crippen molar-refractivity contribution in [3.05, 3.63) is 42.2 Å². The van der Waals surface area contributed by atoms with Crippen LogP contribution in [0.3, 0.4) is 0 Å². The van der Waals surface area contributed by atoms with Crippen LogP contribution in [0.5, 0.6) is 5.88 Å². The number of nitrogen functional groups attached to an aromatic ring is 1. The van der Waals surface area contributed by atoms with Crippen LogP contribution in [0.1, 0.15) is 37.2 Å². The third-order valence-electron chi connectivity index (χ3n) is 5.06. The molecule has 1 fully saturated rings. The fourth-order valence-corrected chi connectivity index (χ4v) is 3.62. The molecule has 1 aliphatic heterocycles. The number of nitrogens with zero attached hydrogens (tertiary/aromatic N) is 3. The second-order valence-corrected chi connectivity index (χ2v) is 7.90. The van der Waals surface area contributed by atoms with Gasteiger partial charge >= 0.3 is 0 Å². The van der Waals surface area contributed by atoms with Crippen LogP contribution in [0.25, 0.3) is 10.9 Å². The molecule has 3 N–H and O–H groups in total. The van der Waals surface area contributed by atoms with Gasteiger partial charge in [-0.2, -0.15) is 0 Å². The fraction of sp³-hybridized carbons (Fsp3) is 0.381. The number of fused-ring (bicyclic) bond motifs is 1. The SMILES string of the molecule is Cn1nc(OC2CCOC(C)(C)C2)c2ccc(NC(=O)c3ncccc3N)cc21. The van der Waals surface area contributed by atoms with E-state index in [2.05, 4.69) is 29.2 Å². The van der Waals surface area contributed by atoms with E-state index in [1.54, 1.807) is 16.8 Å². The molecule has 0 spiro atoms. The van der Waals surface area contributed by atoms with Gasteiger partial charge in [0.05, 0.1) is 28.8 Å². The van der Waals surface area contributed by atoms with Crippen molar-refractivity contribution in [1.29, 1.82) is 0 Å². The number of benzene rings is 1. The molecule has 1 unspecified atom stereocenters. The maximum atomic E-state index is 12.5. The van der Waals surface area contributed by atoms with Crippen LogP contribution < -0.4 is 15.8 Å². The Labute approximate surface area is 169 Å². The van der Waals surface area contributed by atoms with Crippen molar-refractivity contribution in [2.24, 2.45) is 7.05 Å². The van der Waals surface area contributed by atoms with E-state index in [-0.39, 0.29) is 23.3 Å². The van der Waals surface area contributed by atoms with Gasteiger partial charge in [0.1, 0.15) is 6.10 Å². The van der Waals surface area contributed by atoms with Crippen LogP contribution in [0.4, 0.5) is 11.4 Å². The van der Waals surface area contributed by atoms with Gasteiger partial charge in [0.25, 0.3) is 5.91 Å². The first kappa shape index (κ1) is 19.2. The third kappa shape index (κ3) is 4.02. The highest BCUT2D eigenvalue weighted by Crippen LogP contribution is 2.32. The molecule has 0 bridgehead atoms. The van der Waals surface area contributed by atoms with E-state index in [0.717, 1.165) is 23.7 Å². The Morgan fingerprint density at radius 1 is 1.38 bits per heavy atom. The number of aromatic nitrogens is 3. The number of ether oxygens (including phenoxy) is 2. The Balaban J connectivity index is 1.55. The van der Waals surface area contributed by atoms with Gasteiger partial charge in [0.15, 0.2) is 5.69 Å². The quantitative estimate of drug-likeness (QED) is 0.703. The molecule has 3 aromatic rings. The van der Waals surface area contributed by atoms with E-state index < -0.39 is 0 Å². The van der Waals surface area contributed by atoms with Gasteiger partial charge in [-0.05, 0) is 44.2 Å². The monoisotopic (exact) mass is 395 g/mol. The molecule has 0 radical (unpaired) electrons. The number of nitrogens with one attached hydrogen (secondary N) is 1. The van der Waals surface area contributed by atoms with E-state index in [1.165, 1.54) is 6.20 Å². The van der Waals surface area contributed by atoms with Crippen LogP contribution in [0.15, 0.2) is 36.5 Å². The van der Waals surface area contributed by atoms with Crippen LogP contribution in [-0.4, -0.2) is 39.0 Å². The number of nitrogens with two attached hydrogens (primary N) is 1. The second kappa shape index (κ2) is 7.36. The summed E-state index contributed by atoms with van der Waals surface area (Å²) in [6.45, 7) is 4.82. The molecule has 3 heterocycles. The minimum atomic E-state index is -0.356. The molecule has 1 atom stereocenters. The van der Waals surface area contributed by atoms with Gasteiger partial charge in [0, 0.05) is 31.8 Å². The second-order valence-electron chi connectivity index (χ2n) is 7.90. The summed E-state index contributed by atoms with van der Waals surface area (Å²) in [7, 11) is 1.85. The summed E-state index contributed by atoms with van der Waals surface area (Å²) in [4.78, 5) is 16.5. The summed E-state index contributed by atoms with van der Waals surface area (Å²) in [5, 5.41) is 8.27. The van der Waals surface area contributed by atoms with E-state index in [1.807, 2.05) is 25.2 Å². The lowest BCUT2D eigenvalue weighted by atomic mass is 9.96. The molecule has 1 saturated heterocycles. The highest BCUT2D eigenvalue weighted by atomic mass is 16.5. The largest absolute Gasteiger partial charge is 0.473 e. The molecule has 1 amide bonds. The molecule has 8 heteroatoms. The van der Waals surface area contributed by atoms with Crippen molar-refractivity contribution in [2.45, 2.75) is 38.4 Å². The Bertz CT molecular complexity index is 1060. The number of amides is 1. The molecule has 8 nitrogen and oxygen atoms in total. The zero-order chi connectivity index (χ0) is 20.6. The zero-order valence-corrected chi connectivity index (χ0v) is 16.8. The first-order valence-electron chi connectivity index (χ1n) is 9.62. The number of carbonyl (C=O) groups excluding carboxylic acids is 1. The van der Waals surface area contributed by atoms with Gasteiger partial charge in [0.2, 0.25) is 5.88 Å². The summed E-state index contributed by atoms with van der Waals surface area (Å²) < 4.78 is 13.7. The number of aryl methyl sites for hydroxylation is 1. The van der Waals surface area contributed by atoms with Crippen molar-refractivity contribution >= 4 is 28.2 Å². The average Bonchev–Trinajstić information content (AvgIpc) is 2.96. The van der Waals surface area contributed by atoms with Crippen molar-refractivity contribution < 1.29 is 14.3 Å². The van der Waals surface area contributed by atoms with E-state index in [4.69, 9.17) is 15.2 Å². The molecule has 152 valence electrons. The predicted molar refractivity (Wildman–Crippen MR) is 111 cm³/mol. The Kier molecular flexibility index (Phi) is 4.87. The molecular formula is C21H25N5O3. The summed E-state index contributed by atoms with van der Waals surface area (Å²) in [5.74, 6) is 0.238. The number of anilines is 2. The van der Waals surface area contributed by atoms with Crippen LogP contribution >= 0.6 is 0 Å². The highest BCUT2D eigenvalue weighted by molar-refractivity contribution is 6.06. The molecule has 0 aliphatic carbocycles. The molecule has 29 heavy (non-hydrogen) atoms. The van der Waals surface area contributed by atoms with Crippen LogP contribution in [0.2, 0.25) is 0 Å². The van der Waals surface area contributed by atoms with E-state index >= 15 is 0 Å². The molecule has 4 rings (SSSR count). The van der Waals surface area contributed by atoms with Gasteiger partial charge in [-0.25, -0.2) is 4.98 Å². The first-order valence-corrected chi connectivity index (χ1v) is 9.62. The fourth-order valence-electron chi connectivity index (χ4n) is 3.62. The number of hydrogen-bond acceptors (Lipinski definition) is 6. The van der Waals surface area contributed by atoms with Gasteiger partial charge < -0.3 is 20.5 Å². The van der Waals surface area contributed by atoms with Gasteiger partial charge in [-0.1, -0.05) is 0 Å². The lowest BCUT2D eigenvalue weighted by molar-refractivity contribution is -0.0902. The lowest BCUT2D eigenvalue weighted by Crippen LogP contribution is -2.39. The number of hydrogen-bond donors (Lipinski definition) is 2. The third-order valence-corrected chi connectivity index (χ3v) is 5.06. The summed E-state index contributed by atoms with van der Waals surface area (Å²) in [5.41, 5.74) is 7.67. The molecular weight excluding hydrogens is 370 g/mol. The minimum Gasteiger partial charge on any atom is -0.473 e. The van der Waals surface area contributed by atoms with Crippen LogP contribution in [-0.2, 0) is 11.8 Å². The highest BCUT2D eigenvalue weighted by Gasteiger charge is 2.31. The molecule has 2 aromatic heterocycles. The van der Waals surface area contributed by atoms with Crippen molar-refractivity contribution in [2.75, 3.05) is 17.7 Å². The average molecular weight is 395 g/mol. The molecule has 0 saturated carbocycles. The van der Waals surface area contributed by atoms with Crippen molar-refractivity contribution in [3.8, 4) is 5.88 Å². The summed E-state index contributed by atoms with van der Waals surface area (Å²) in [6.07, 6.45) is 3.24. The maximum Gasteiger partial charge on any atom is 0.276 e. The lowest BCUT2D eigenvalue weighted by Gasteiger charge is -2.35. The Morgan fingerprint density at radius 2 is 2.21 bits per heavy atom. The standard InChI is InChI=1S/C21H25N5O3/c1-21(2)12-14(8-10-28-21)29-20-15-7-6-13(11-17(15)26(3)25-20)24-19(27)18-16(22)5-4-9-23-18/h4-7,9,11,14H,8,10,12,22H2,1-3H3,(H,24,27). The van der Waals surface area contributed by atoms with E-state index in [9.17, 15) is 4.79 Å². The smallest absolute Gasteiger partial charge is 0.276 e. The minimum absolute atomic E-state index is 0.0587. The Morgan fingerprint density at radius 3 is 2.97 bits per heavy atom. The molecule has 1 aliphatic rings. The van der Waals surface area contributed by atoms with Crippen LogP contribution in [0, 0.1) is 0 Å². The van der Waals surface area contributed by atoms with Gasteiger partial charge in [-0.3, -0.25) is 9.48 Å². The number of rotatable bonds is 4. The number of carbonyl (C=O) groups is 1. The Hall–Kier alpha value is -3.13. The van der Waals surface area contributed by atoms with E-state index in [0.29, 0.717) is 23.9 Å².